The van der Waals surface area contributed by atoms with Crippen LogP contribution < -0.4 is 5.32 Å². The van der Waals surface area contributed by atoms with Gasteiger partial charge in [0.25, 0.3) is 0 Å². The number of nitriles is 1. The van der Waals surface area contributed by atoms with E-state index in [1.807, 2.05) is 0 Å². The maximum atomic E-state index is 9.62. The summed E-state index contributed by atoms with van der Waals surface area (Å²) >= 11 is 0. The Morgan fingerprint density at radius 2 is 1.95 bits per heavy atom. The minimum absolute atomic E-state index is 0.227. The predicted molar refractivity (Wildman–Crippen MR) is 88.1 cm³/mol. The molecule has 1 saturated heterocycles. The molecule has 1 aliphatic heterocycles. The molecule has 120 valence electrons. The SMILES string of the molecule is CCCC1CCN(CCC2CCCC2(C#N)NCC)CC1. The van der Waals surface area contributed by atoms with Crippen LogP contribution >= 0.6 is 0 Å². The zero-order valence-electron chi connectivity index (χ0n) is 14.0. The molecule has 0 spiro atoms. The number of piperidine rings is 1. The van der Waals surface area contributed by atoms with Gasteiger partial charge >= 0.3 is 0 Å². The van der Waals surface area contributed by atoms with E-state index in [9.17, 15) is 5.26 Å². The molecular weight excluding hydrogens is 258 g/mol. The van der Waals surface area contributed by atoms with Gasteiger partial charge < -0.3 is 4.90 Å². The first-order valence-corrected chi connectivity index (χ1v) is 9.12. The molecule has 2 atom stereocenters. The second kappa shape index (κ2) is 8.15. The predicted octanol–water partition coefficient (Wildman–Crippen LogP) is 3.56. The van der Waals surface area contributed by atoms with E-state index in [2.05, 4.69) is 30.1 Å². The van der Waals surface area contributed by atoms with Gasteiger partial charge in [-0.2, -0.15) is 5.26 Å². The van der Waals surface area contributed by atoms with Gasteiger partial charge in [-0.3, -0.25) is 5.32 Å². The fraction of sp³-hybridized carbons (Fsp3) is 0.944. The summed E-state index contributed by atoms with van der Waals surface area (Å²) in [6.45, 7) is 9.07. The lowest BCUT2D eigenvalue weighted by Crippen LogP contribution is -2.48. The number of nitrogens with one attached hydrogen (secondary N) is 1. The molecule has 0 aromatic carbocycles. The summed E-state index contributed by atoms with van der Waals surface area (Å²) in [6.07, 6.45) is 10.2. The average molecular weight is 291 g/mol. The van der Waals surface area contributed by atoms with E-state index in [0.717, 1.165) is 18.9 Å². The van der Waals surface area contributed by atoms with Crippen molar-refractivity contribution in [1.29, 1.82) is 5.26 Å². The monoisotopic (exact) mass is 291 g/mol. The Morgan fingerprint density at radius 3 is 2.57 bits per heavy atom. The second-order valence-electron chi connectivity index (χ2n) is 7.07. The number of nitrogens with zero attached hydrogens (tertiary/aromatic N) is 2. The van der Waals surface area contributed by atoms with Crippen molar-refractivity contribution in [1.82, 2.24) is 10.2 Å². The van der Waals surface area contributed by atoms with Gasteiger partial charge in [-0.25, -0.2) is 0 Å². The van der Waals surface area contributed by atoms with Crippen LogP contribution in [0.4, 0.5) is 0 Å². The van der Waals surface area contributed by atoms with Gasteiger partial charge in [0, 0.05) is 0 Å². The maximum Gasteiger partial charge on any atom is 0.109 e. The summed E-state index contributed by atoms with van der Waals surface area (Å²) in [5.74, 6) is 1.52. The Hall–Kier alpha value is -0.590. The summed E-state index contributed by atoms with van der Waals surface area (Å²) in [4.78, 5) is 2.64. The van der Waals surface area contributed by atoms with E-state index in [4.69, 9.17) is 0 Å². The number of likely N-dealkylation sites (tertiary alicyclic amines) is 1. The van der Waals surface area contributed by atoms with Crippen molar-refractivity contribution in [2.75, 3.05) is 26.2 Å². The molecule has 1 saturated carbocycles. The van der Waals surface area contributed by atoms with Gasteiger partial charge in [0.05, 0.1) is 6.07 Å². The minimum Gasteiger partial charge on any atom is -0.303 e. The van der Waals surface area contributed by atoms with Gasteiger partial charge in [0.2, 0.25) is 0 Å². The highest BCUT2D eigenvalue weighted by atomic mass is 15.1. The first-order chi connectivity index (χ1) is 10.2. The van der Waals surface area contributed by atoms with Crippen LogP contribution in [-0.2, 0) is 0 Å². The molecular formula is C18H33N3. The van der Waals surface area contributed by atoms with Crippen LogP contribution in [0, 0.1) is 23.2 Å². The summed E-state index contributed by atoms with van der Waals surface area (Å²) < 4.78 is 0. The third kappa shape index (κ3) is 4.20. The van der Waals surface area contributed by atoms with E-state index >= 15 is 0 Å². The van der Waals surface area contributed by atoms with Crippen LogP contribution in [0.3, 0.4) is 0 Å². The summed E-state index contributed by atoms with van der Waals surface area (Å²) in [7, 11) is 0. The summed E-state index contributed by atoms with van der Waals surface area (Å²) in [5, 5.41) is 13.1. The second-order valence-corrected chi connectivity index (χ2v) is 7.07. The van der Waals surface area contributed by atoms with Crippen molar-refractivity contribution in [3.05, 3.63) is 0 Å². The van der Waals surface area contributed by atoms with E-state index in [0.29, 0.717) is 5.92 Å². The zero-order chi connectivity index (χ0) is 15.1. The van der Waals surface area contributed by atoms with E-state index < -0.39 is 0 Å². The van der Waals surface area contributed by atoms with E-state index in [1.54, 1.807) is 0 Å². The molecule has 2 aliphatic rings. The van der Waals surface area contributed by atoms with Crippen molar-refractivity contribution in [2.45, 2.75) is 70.8 Å². The number of hydrogen-bond acceptors (Lipinski definition) is 3. The Morgan fingerprint density at radius 1 is 1.19 bits per heavy atom. The molecule has 0 radical (unpaired) electrons. The maximum absolute atomic E-state index is 9.62. The molecule has 2 unspecified atom stereocenters. The molecule has 0 bridgehead atoms. The lowest BCUT2D eigenvalue weighted by Gasteiger charge is -2.35. The largest absolute Gasteiger partial charge is 0.303 e. The number of rotatable bonds is 7. The van der Waals surface area contributed by atoms with Crippen molar-refractivity contribution in [3.8, 4) is 6.07 Å². The van der Waals surface area contributed by atoms with Crippen LogP contribution in [0.15, 0.2) is 0 Å². The Labute approximate surface area is 131 Å². The normalized spacial score (nSPS) is 31.4. The standard InChI is InChI=1S/C18H33N3/c1-3-6-16-8-12-21(13-9-16)14-10-17-7-5-11-18(17,15-19)20-4-2/h16-17,20H,3-14H2,1-2H3. The van der Waals surface area contributed by atoms with Crippen LogP contribution in [-0.4, -0.2) is 36.6 Å². The molecule has 1 N–H and O–H groups in total. The van der Waals surface area contributed by atoms with Gasteiger partial charge in [-0.15, -0.1) is 0 Å². The van der Waals surface area contributed by atoms with Crippen LogP contribution in [0.5, 0.6) is 0 Å². The van der Waals surface area contributed by atoms with Crippen LogP contribution in [0.1, 0.15) is 65.2 Å². The Balaban J connectivity index is 1.77. The van der Waals surface area contributed by atoms with Gasteiger partial charge in [-0.1, -0.05) is 33.1 Å². The smallest absolute Gasteiger partial charge is 0.109 e. The van der Waals surface area contributed by atoms with Gasteiger partial charge in [0.1, 0.15) is 5.54 Å². The lowest BCUT2D eigenvalue weighted by atomic mass is 9.85. The van der Waals surface area contributed by atoms with Crippen LogP contribution in [0.25, 0.3) is 0 Å². The quantitative estimate of drug-likeness (QED) is 0.779. The topological polar surface area (TPSA) is 39.1 Å². The highest BCUT2D eigenvalue weighted by Gasteiger charge is 2.42. The first kappa shape index (κ1) is 16.8. The van der Waals surface area contributed by atoms with Crippen molar-refractivity contribution >= 4 is 0 Å². The number of hydrogen-bond donors (Lipinski definition) is 1. The van der Waals surface area contributed by atoms with Crippen molar-refractivity contribution in [3.63, 3.8) is 0 Å². The highest BCUT2D eigenvalue weighted by molar-refractivity contribution is 5.14. The van der Waals surface area contributed by atoms with Crippen molar-refractivity contribution in [2.24, 2.45) is 11.8 Å². The summed E-state index contributed by atoms with van der Waals surface area (Å²) in [5.41, 5.74) is -0.227. The average Bonchev–Trinajstić information content (AvgIpc) is 2.90. The fourth-order valence-electron chi connectivity index (χ4n) is 4.45. The molecule has 2 fully saturated rings. The van der Waals surface area contributed by atoms with Gasteiger partial charge in [-0.05, 0) is 70.1 Å². The minimum atomic E-state index is -0.227. The summed E-state index contributed by atoms with van der Waals surface area (Å²) in [6, 6.07) is 2.61. The zero-order valence-corrected chi connectivity index (χ0v) is 14.0. The molecule has 2 rings (SSSR count). The van der Waals surface area contributed by atoms with Crippen LogP contribution in [0.2, 0.25) is 0 Å². The fourth-order valence-corrected chi connectivity index (χ4v) is 4.45. The third-order valence-corrected chi connectivity index (χ3v) is 5.71. The van der Waals surface area contributed by atoms with Crippen molar-refractivity contribution < 1.29 is 0 Å². The van der Waals surface area contributed by atoms with E-state index in [1.165, 1.54) is 64.6 Å². The molecule has 0 aromatic heterocycles. The molecule has 3 nitrogen and oxygen atoms in total. The van der Waals surface area contributed by atoms with Gasteiger partial charge in [0.15, 0.2) is 0 Å². The molecule has 1 heterocycles. The van der Waals surface area contributed by atoms with E-state index in [-0.39, 0.29) is 5.54 Å². The third-order valence-electron chi connectivity index (χ3n) is 5.71. The lowest BCUT2D eigenvalue weighted by molar-refractivity contribution is 0.160. The Kier molecular flexibility index (Phi) is 6.51. The molecule has 0 amide bonds. The Bertz CT molecular complexity index is 341. The molecule has 1 aliphatic carbocycles. The molecule has 0 aromatic rings. The highest BCUT2D eigenvalue weighted by Crippen LogP contribution is 2.37. The molecule has 21 heavy (non-hydrogen) atoms. The first-order valence-electron chi connectivity index (χ1n) is 9.12. The molecule has 3 heteroatoms.